The van der Waals surface area contributed by atoms with Crippen molar-refractivity contribution in [2.24, 2.45) is 5.92 Å². The molecule has 18 heavy (non-hydrogen) atoms. The van der Waals surface area contributed by atoms with Crippen LogP contribution in [0, 0.1) is 5.92 Å². The van der Waals surface area contributed by atoms with Crippen molar-refractivity contribution in [3.63, 3.8) is 0 Å². The summed E-state index contributed by atoms with van der Waals surface area (Å²) >= 11 is 0. The molecule has 0 amide bonds. The molecule has 0 saturated heterocycles. The molecule has 0 radical (unpaired) electrons. The Kier molecular flexibility index (Phi) is 5.02. The van der Waals surface area contributed by atoms with Crippen LogP contribution in [-0.2, 0) is 10.0 Å². The Hall–Kier alpha value is -0.340. The monoisotopic (exact) mass is 288 g/mol. The number of alkyl halides is 3. The second-order valence-corrected chi connectivity index (χ2v) is 7.09. The lowest BCUT2D eigenvalue weighted by Crippen LogP contribution is -2.50. The first kappa shape index (κ1) is 15.7. The summed E-state index contributed by atoms with van der Waals surface area (Å²) in [4.78, 5) is 0. The highest BCUT2D eigenvalue weighted by Gasteiger charge is 2.43. The molecule has 1 saturated carbocycles. The SMILES string of the molecule is CN(C)S(=O)(=O)CC(NCC1CCC1)C(F)(F)F. The first-order chi connectivity index (χ1) is 8.13. The van der Waals surface area contributed by atoms with Gasteiger partial charge in [-0.15, -0.1) is 0 Å². The molecule has 0 aromatic heterocycles. The maximum absolute atomic E-state index is 12.7. The molecule has 4 nitrogen and oxygen atoms in total. The highest BCUT2D eigenvalue weighted by molar-refractivity contribution is 7.89. The van der Waals surface area contributed by atoms with Gasteiger partial charge < -0.3 is 5.32 Å². The van der Waals surface area contributed by atoms with E-state index in [0.717, 1.165) is 23.6 Å². The number of nitrogens with one attached hydrogen (secondary N) is 1. The summed E-state index contributed by atoms with van der Waals surface area (Å²) in [6.45, 7) is 0.229. The summed E-state index contributed by atoms with van der Waals surface area (Å²) in [5, 5.41) is 2.34. The van der Waals surface area contributed by atoms with E-state index in [2.05, 4.69) is 5.32 Å². The van der Waals surface area contributed by atoms with Crippen LogP contribution in [0.1, 0.15) is 19.3 Å². The van der Waals surface area contributed by atoms with Crippen LogP contribution in [0.3, 0.4) is 0 Å². The van der Waals surface area contributed by atoms with Gasteiger partial charge in [0.2, 0.25) is 10.0 Å². The lowest BCUT2D eigenvalue weighted by Gasteiger charge is -2.29. The quantitative estimate of drug-likeness (QED) is 0.799. The molecular weight excluding hydrogens is 269 g/mol. The summed E-state index contributed by atoms with van der Waals surface area (Å²) in [5.74, 6) is -0.701. The zero-order chi connectivity index (χ0) is 14.0. The molecule has 0 heterocycles. The Balaban J connectivity index is 2.60. The largest absolute Gasteiger partial charge is 0.404 e. The zero-order valence-electron chi connectivity index (χ0n) is 10.5. The third kappa shape index (κ3) is 4.40. The molecule has 1 N–H and O–H groups in total. The van der Waals surface area contributed by atoms with E-state index >= 15 is 0 Å². The minimum atomic E-state index is -4.55. The molecule has 0 bridgehead atoms. The van der Waals surface area contributed by atoms with Crippen molar-refractivity contribution in [3.8, 4) is 0 Å². The van der Waals surface area contributed by atoms with Crippen molar-refractivity contribution in [2.45, 2.75) is 31.5 Å². The number of sulfonamides is 1. The van der Waals surface area contributed by atoms with Crippen LogP contribution in [0.5, 0.6) is 0 Å². The van der Waals surface area contributed by atoms with Crippen LogP contribution in [0.4, 0.5) is 13.2 Å². The number of nitrogens with zero attached hydrogens (tertiary/aromatic N) is 1. The normalized spacial score (nSPS) is 19.9. The summed E-state index contributed by atoms with van der Waals surface area (Å²) in [7, 11) is -1.40. The second-order valence-electron chi connectivity index (χ2n) is 4.86. The maximum atomic E-state index is 12.7. The van der Waals surface area contributed by atoms with Gasteiger partial charge in [0.05, 0.1) is 5.75 Å². The topological polar surface area (TPSA) is 49.4 Å². The smallest absolute Gasteiger partial charge is 0.305 e. The van der Waals surface area contributed by atoms with Crippen LogP contribution in [0.2, 0.25) is 0 Å². The number of hydrogen-bond donors (Lipinski definition) is 1. The Morgan fingerprint density at radius 3 is 2.22 bits per heavy atom. The number of hydrogen-bond acceptors (Lipinski definition) is 3. The van der Waals surface area contributed by atoms with Gasteiger partial charge >= 0.3 is 6.18 Å². The van der Waals surface area contributed by atoms with E-state index in [0.29, 0.717) is 0 Å². The average Bonchev–Trinajstić information content (AvgIpc) is 2.11. The van der Waals surface area contributed by atoms with Crippen molar-refractivity contribution in [3.05, 3.63) is 0 Å². The van der Waals surface area contributed by atoms with E-state index in [1.165, 1.54) is 14.1 Å². The molecule has 1 unspecified atom stereocenters. The van der Waals surface area contributed by atoms with Crippen molar-refractivity contribution in [1.29, 1.82) is 0 Å². The summed E-state index contributed by atoms with van der Waals surface area (Å²) in [6, 6.07) is -1.99. The Bertz CT molecular complexity index is 364. The van der Waals surface area contributed by atoms with Crippen LogP contribution < -0.4 is 5.32 Å². The molecule has 0 aromatic carbocycles. The molecule has 8 heteroatoms. The molecule has 0 aromatic rings. The predicted octanol–water partition coefficient (Wildman–Crippen LogP) is 1.20. The number of rotatable bonds is 6. The van der Waals surface area contributed by atoms with E-state index in [1.54, 1.807) is 0 Å². The van der Waals surface area contributed by atoms with E-state index in [9.17, 15) is 21.6 Å². The van der Waals surface area contributed by atoms with E-state index in [4.69, 9.17) is 0 Å². The molecule has 108 valence electrons. The van der Waals surface area contributed by atoms with Crippen LogP contribution in [0.25, 0.3) is 0 Å². The van der Waals surface area contributed by atoms with Crippen LogP contribution in [-0.4, -0.2) is 51.3 Å². The van der Waals surface area contributed by atoms with Gasteiger partial charge in [-0.1, -0.05) is 6.42 Å². The fraction of sp³-hybridized carbons (Fsp3) is 1.00. The van der Waals surface area contributed by atoms with Gasteiger partial charge in [-0.25, -0.2) is 12.7 Å². The second kappa shape index (κ2) is 5.75. The minimum Gasteiger partial charge on any atom is -0.305 e. The molecule has 1 aliphatic carbocycles. The minimum absolute atomic E-state index is 0.229. The van der Waals surface area contributed by atoms with E-state index < -0.39 is 28.0 Å². The van der Waals surface area contributed by atoms with Gasteiger partial charge in [0.15, 0.2) is 0 Å². The Labute approximate surface area is 106 Å². The molecule has 1 aliphatic rings. The van der Waals surface area contributed by atoms with Crippen molar-refractivity contribution in [1.82, 2.24) is 9.62 Å². The fourth-order valence-electron chi connectivity index (χ4n) is 1.63. The average molecular weight is 288 g/mol. The van der Waals surface area contributed by atoms with Crippen LogP contribution >= 0.6 is 0 Å². The van der Waals surface area contributed by atoms with Crippen molar-refractivity contribution in [2.75, 3.05) is 26.4 Å². The summed E-state index contributed by atoms with van der Waals surface area (Å²) in [5.41, 5.74) is 0. The first-order valence-corrected chi connectivity index (χ1v) is 7.44. The third-order valence-electron chi connectivity index (χ3n) is 3.21. The van der Waals surface area contributed by atoms with Gasteiger partial charge in [0, 0.05) is 14.1 Å². The van der Waals surface area contributed by atoms with Crippen LogP contribution in [0.15, 0.2) is 0 Å². The van der Waals surface area contributed by atoms with Crippen molar-refractivity contribution >= 4 is 10.0 Å². The standard InChI is InChI=1S/C10H19F3N2O2S/c1-15(2)18(16,17)7-9(10(11,12)13)14-6-8-4-3-5-8/h8-9,14H,3-7H2,1-2H3. The molecule has 1 atom stereocenters. The third-order valence-corrected chi connectivity index (χ3v) is 5.07. The molecule has 0 spiro atoms. The predicted molar refractivity (Wildman–Crippen MR) is 62.7 cm³/mol. The lowest BCUT2D eigenvalue weighted by molar-refractivity contribution is -0.151. The highest BCUT2D eigenvalue weighted by atomic mass is 32.2. The molecule has 1 rings (SSSR count). The van der Waals surface area contributed by atoms with E-state index in [1.807, 2.05) is 0 Å². The molecular formula is C10H19F3N2O2S. The van der Waals surface area contributed by atoms with Gasteiger partial charge in [0.25, 0.3) is 0 Å². The Morgan fingerprint density at radius 1 is 1.33 bits per heavy atom. The van der Waals surface area contributed by atoms with Gasteiger partial charge in [-0.3, -0.25) is 0 Å². The van der Waals surface area contributed by atoms with Crippen molar-refractivity contribution < 1.29 is 21.6 Å². The zero-order valence-corrected chi connectivity index (χ0v) is 11.3. The lowest BCUT2D eigenvalue weighted by atomic mass is 9.85. The fourth-order valence-corrected chi connectivity index (χ4v) is 2.66. The Morgan fingerprint density at radius 2 is 1.89 bits per heavy atom. The highest BCUT2D eigenvalue weighted by Crippen LogP contribution is 2.27. The van der Waals surface area contributed by atoms with Gasteiger partial charge in [-0.05, 0) is 25.3 Å². The van der Waals surface area contributed by atoms with E-state index in [-0.39, 0.29) is 12.5 Å². The van der Waals surface area contributed by atoms with Gasteiger partial charge in [-0.2, -0.15) is 13.2 Å². The van der Waals surface area contributed by atoms with Gasteiger partial charge in [0.1, 0.15) is 6.04 Å². The first-order valence-electron chi connectivity index (χ1n) is 5.83. The maximum Gasteiger partial charge on any atom is 0.404 e. The summed E-state index contributed by atoms with van der Waals surface area (Å²) < 4.78 is 62.0. The number of halogens is 3. The molecule has 0 aliphatic heterocycles. The summed E-state index contributed by atoms with van der Waals surface area (Å²) in [6.07, 6.45) is -1.68. The molecule has 1 fully saturated rings.